The van der Waals surface area contributed by atoms with E-state index < -0.39 is 0 Å². The third-order valence-corrected chi connectivity index (χ3v) is 2.24. The van der Waals surface area contributed by atoms with E-state index in [0.717, 1.165) is 5.56 Å². The fourth-order valence-corrected chi connectivity index (χ4v) is 1.22. The Morgan fingerprint density at radius 2 is 2.00 bits per heavy atom. The lowest BCUT2D eigenvalue weighted by atomic mass is 10.1. The molecule has 3 N–H and O–H groups in total. The minimum atomic E-state index is -0.0411. The Hall–Kier alpha value is -1.55. The zero-order valence-corrected chi connectivity index (χ0v) is 8.95. The van der Waals surface area contributed by atoms with Crippen LogP contribution in [0.2, 0.25) is 0 Å². The van der Waals surface area contributed by atoms with Gasteiger partial charge in [0.05, 0.1) is 6.54 Å². The molecule has 0 fully saturated rings. The van der Waals surface area contributed by atoms with Crippen molar-refractivity contribution in [2.24, 2.45) is 0 Å². The van der Waals surface area contributed by atoms with E-state index in [4.69, 9.17) is 5.11 Å². The molecule has 0 radical (unpaired) electrons. The Bertz CT molecular complexity index is 322. The standard InChI is InChI=1S/C11H16N2O2/c1-8(13-7-11(15)12-2)9-3-5-10(14)6-4-9/h3-6,8,13-14H,7H2,1-2H3,(H,12,15). The molecule has 0 spiro atoms. The van der Waals surface area contributed by atoms with Crippen LogP contribution in [0.1, 0.15) is 18.5 Å². The number of aromatic hydroxyl groups is 1. The van der Waals surface area contributed by atoms with Crippen LogP contribution in [0.25, 0.3) is 0 Å². The summed E-state index contributed by atoms with van der Waals surface area (Å²) in [5.74, 6) is 0.206. The molecule has 0 heterocycles. The van der Waals surface area contributed by atoms with Crippen molar-refractivity contribution in [3.05, 3.63) is 29.8 Å². The molecule has 1 unspecified atom stereocenters. The fourth-order valence-electron chi connectivity index (χ4n) is 1.22. The first-order valence-corrected chi connectivity index (χ1v) is 4.86. The highest BCUT2D eigenvalue weighted by Gasteiger charge is 2.06. The third-order valence-electron chi connectivity index (χ3n) is 2.24. The van der Waals surface area contributed by atoms with Crippen molar-refractivity contribution in [3.63, 3.8) is 0 Å². The number of rotatable bonds is 4. The lowest BCUT2D eigenvalue weighted by Crippen LogP contribution is -2.32. The number of hydrogen-bond acceptors (Lipinski definition) is 3. The van der Waals surface area contributed by atoms with E-state index in [1.165, 1.54) is 0 Å². The van der Waals surface area contributed by atoms with Gasteiger partial charge in [0.15, 0.2) is 0 Å². The number of likely N-dealkylation sites (N-methyl/N-ethyl adjacent to an activating group) is 1. The summed E-state index contributed by atoms with van der Waals surface area (Å²) in [4.78, 5) is 11.0. The molecule has 1 amide bonds. The van der Waals surface area contributed by atoms with Gasteiger partial charge in [0.2, 0.25) is 5.91 Å². The highest BCUT2D eigenvalue weighted by Crippen LogP contribution is 2.15. The number of amides is 1. The monoisotopic (exact) mass is 208 g/mol. The molecule has 82 valence electrons. The SMILES string of the molecule is CNC(=O)CNC(C)c1ccc(O)cc1. The molecule has 0 saturated carbocycles. The maximum Gasteiger partial charge on any atom is 0.233 e. The summed E-state index contributed by atoms with van der Waals surface area (Å²) in [5.41, 5.74) is 1.04. The van der Waals surface area contributed by atoms with Gasteiger partial charge >= 0.3 is 0 Å². The zero-order valence-electron chi connectivity index (χ0n) is 8.95. The maximum atomic E-state index is 11.0. The van der Waals surface area contributed by atoms with Crippen LogP contribution < -0.4 is 10.6 Å². The summed E-state index contributed by atoms with van der Waals surface area (Å²) in [6.45, 7) is 2.26. The number of carbonyl (C=O) groups excluding carboxylic acids is 1. The summed E-state index contributed by atoms with van der Waals surface area (Å²) < 4.78 is 0. The second-order valence-electron chi connectivity index (χ2n) is 3.37. The van der Waals surface area contributed by atoms with Crippen LogP contribution in [0, 0.1) is 0 Å². The molecule has 1 atom stereocenters. The minimum absolute atomic E-state index is 0.0411. The van der Waals surface area contributed by atoms with E-state index in [9.17, 15) is 4.79 Å². The summed E-state index contributed by atoms with van der Waals surface area (Å²) in [7, 11) is 1.61. The third kappa shape index (κ3) is 3.59. The van der Waals surface area contributed by atoms with Gasteiger partial charge in [-0.15, -0.1) is 0 Å². The van der Waals surface area contributed by atoms with Crippen molar-refractivity contribution in [2.75, 3.05) is 13.6 Å². The average molecular weight is 208 g/mol. The highest BCUT2D eigenvalue weighted by atomic mass is 16.3. The Kier molecular flexibility index (Phi) is 4.12. The van der Waals surface area contributed by atoms with Crippen molar-refractivity contribution in [1.82, 2.24) is 10.6 Å². The molecule has 0 bridgehead atoms. The first-order valence-electron chi connectivity index (χ1n) is 4.86. The molecule has 4 nitrogen and oxygen atoms in total. The van der Waals surface area contributed by atoms with Crippen molar-refractivity contribution in [1.29, 1.82) is 0 Å². The van der Waals surface area contributed by atoms with Crippen LogP contribution in [-0.4, -0.2) is 24.6 Å². The Labute approximate surface area is 89.3 Å². The van der Waals surface area contributed by atoms with Crippen LogP contribution in [0.3, 0.4) is 0 Å². The summed E-state index contributed by atoms with van der Waals surface area (Å²) in [6.07, 6.45) is 0. The van der Waals surface area contributed by atoms with Crippen LogP contribution >= 0.6 is 0 Å². The summed E-state index contributed by atoms with van der Waals surface area (Å²) >= 11 is 0. The predicted molar refractivity (Wildman–Crippen MR) is 58.6 cm³/mol. The smallest absolute Gasteiger partial charge is 0.233 e. The molecule has 15 heavy (non-hydrogen) atoms. The van der Waals surface area contributed by atoms with E-state index in [0.29, 0.717) is 6.54 Å². The van der Waals surface area contributed by atoms with Crippen LogP contribution in [0.5, 0.6) is 5.75 Å². The van der Waals surface area contributed by atoms with E-state index in [-0.39, 0.29) is 17.7 Å². The average Bonchev–Trinajstić information content (AvgIpc) is 2.26. The van der Waals surface area contributed by atoms with E-state index in [1.54, 1.807) is 19.2 Å². The minimum Gasteiger partial charge on any atom is -0.508 e. The molecule has 1 rings (SSSR count). The lowest BCUT2D eigenvalue weighted by molar-refractivity contribution is -0.119. The summed E-state index contributed by atoms with van der Waals surface area (Å²) in [5, 5.41) is 14.7. The zero-order chi connectivity index (χ0) is 11.3. The van der Waals surface area contributed by atoms with Crippen LogP contribution in [0.15, 0.2) is 24.3 Å². The van der Waals surface area contributed by atoms with Crippen molar-refractivity contribution < 1.29 is 9.90 Å². The molecule has 0 aromatic heterocycles. The topological polar surface area (TPSA) is 61.4 Å². The molecule has 0 saturated heterocycles. The fraction of sp³-hybridized carbons (Fsp3) is 0.364. The van der Waals surface area contributed by atoms with Gasteiger partial charge < -0.3 is 15.7 Å². The van der Waals surface area contributed by atoms with E-state index in [1.807, 2.05) is 19.1 Å². The van der Waals surface area contributed by atoms with Gasteiger partial charge in [0.25, 0.3) is 0 Å². The van der Waals surface area contributed by atoms with Crippen molar-refractivity contribution >= 4 is 5.91 Å². The van der Waals surface area contributed by atoms with E-state index in [2.05, 4.69) is 10.6 Å². The Morgan fingerprint density at radius 1 is 1.40 bits per heavy atom. The first kappa shape index (κ1) is 11.5. The van der Waals surface area contributed by atoms with Crippen LogP contribution in [0.4, 0.5) is 0 Å². The molecule has 1 aromatic rings. The number of phenolic OH excluding ortho intramolecular Hbond substituents is 1. The second kappa shape index (κ2) is 5.36. The van der Waals surface area contributed by atoms with Gasteiger partial charge in [0.1, 0.15) is 5.75 Å². The largest absolute Gasteiger partial charge is 0.508 e. The molecular weight excluding hydrogens is 192 g/mol. The van der Waals surface area contributed by atoms with Crippen LogP contribution in [-0.2, 0) is 4.79 Å². The maximum absolute atomic E-state index is 11.0. The quantitative estimate of drug-likeness (QED) is 0.685. The van der Waals surface area contributed by atoms with Gasteiger partial charge in [-0.2, -0.15) is 0 Å². The predicted octanol–water partition coefficient (Wildman–Crippen LogP) is 0.789. The van der Waals surface area contributed by atoms with E-state index >= 15 is 0 Å². The Morgan fingerprint density at radius 3 is 2.53 bits per heavy atom. The molecule has 0 aliphatic carbocycles. The molecule has 0 aliphatic rings. The second-order valence-corrected chi connectivity index (χ2v) is 3.37. The van der Waals surface area contributed by atoms with Gasteiger partial charge in [-0.25, -0.2) is 0 Å². The number of benzene rings is 1. The number of nitrogens with one attached hydrogen (secondary N) is 2. The number of hydrogen-bond donors (Lipinski definition) is 3. The molecule has 4 heteroatoms. The number of carbonyl (C=O) groups is 1. The normalized spacial score (nSPS) is 12.1. The Balaban J connectivity index is 2.50. The molecular formula is C11H16N2O2. The van der Waals surface area contributed by atoms with Gasteiger partial charge in [-0.3, -0.25) is 4.79 Å². The van der Waals surface area contributed by atoms with Gasteiger partial charge in [0, 0.05) is 13.1 Å². The van der Waals surface area contributed by atoms with Crippen molar-refractivity contribution in [2.45, 2.75) is 13.0 Å². The van der Waals surface area contributed by atoms with Crippen molar-refractivity contribution in [3.8, 4) is 5.75 Å². The first-order chi connectivity index (χ1) is 7.13. The molecule has 1 aromatic carbocycles. The number of phenols is 1. The lowest BCUT2D eigenvalue weighted by Gasteiger charge is -2.13. The summed E-state index contributed by atoms with van der Waals surface area (Å²) in [6, 6.07) is 7.01. The highest BCUT2D eigenvalue weighted by molar-refractivity contribution is 5.77. The van der Waals surface area contributed by atoms with Gasteiger partial charge in [-0.05, 0) is 24.6 Å². The van der Waals surface area contributed by atoms with Gasteiger partial charge in [-0.1, -0.05) is 12.1 Å². The molecule has 0 aliphatic heterocycles.